The lowest BCUT2D eigenvalue weighted by atomic mass is 10.3. The van der Waals surface area contributed by atoms with Crippen molar-refractivity contribution in [2.75, 3.05) is 6.61 Å². The summed E-state index contributed by atoms with van der Waals surface area (Å²) in [6.45, 7) is 2.37. The topological polar surface area (TPSA) is 35.0 Å². The van der Waals surface area contributed by atoms with E-state index >= 15 is 0 Å². The molecule has 0 fully saturated rings. The molecular weight excluding hydrogens is 271 g/mol. The Hall–Kier alpha value is -1.32. The number of hydrogen-bond donors (Lipinski definition) is 0. The van der Waals surface area contributed by atoms with Crippen LogP contribution in [0.1, 0.15) is 11.5 Å². The average molecular weight is 283 g/mol. The van der Waals surface area contributed by atoms with E-state index in [9.17, 15) is 0 Å². The third-order valence-electron chi connectivity index (χ3n) is 2.26. The quantitative estimate of drug-likeness (QED) is 0.802. The maximum absolute atomic E-state index is 5.86. The highest BCUT2D eigenvalue weighted by Gasteiger charge is 2.02. The van der Waals surface area contributed by atoms with E-state index in [4.69, 9.17) is 27.9 Å². The highest BCUT2D eigenvalue weighted by atomic mass is 35.5. The van der Waals surface area contributed by atoms with Gasteiger partial charge in [0, 0.05) is 17.1 Å². The van der Waals surface area contributed by atoms with E-state index in [0.717, 1.165) is 11.4 Å². The molecule has 1 aromatic carbocycles. The summed E-state index contributed by atoms with van der Waals surface area (Å²) in [5.74, 6) is 1.42. The van der Waals surface area contributed by atoms with Gasteiger partial charge >= 0.3 is 0 Å². The highest BCUT2D eigenvalue weighted by Crippen LogP contribution is 2.17. The lowest BCUT2D eigenvalue weighted by Gasteiger charge is -2.06. The number of hydrogen-bond acceptors (Lipinski definition) is 3. The molecule has 0 N–H and O–H groups in total. The van der Waals surface area contributed by atoms with Crippen molar-refractivity contribution in [3.8, 4) is 5.75 Å². The van der Waals surface area contributed by atoms with E-state index in [1.165, 1.54) is 0 Å². The second-order valence-electron chi connectivity index (χ2n) is 3.80. The van der Waals surface area contributed by atoms with Crippen LogP contribution in [0.15, 0.2) is 30.3 Å². The van der Waals surface area contributed by atoms with Crippen LogP contribution < -0.4 is 4.74 Å². The Morgan fingerprint density at radius 1 is 1.17 bits per heavy atom. The van der Waals surface area contributed by atoms with Crippen LogP contribution in [-0.4, -0.2) is 16.6 Å². The van der Waals surface area contributed by atoms with Crippen LogP contribution in [0.5, 0.6) is 5.75 Å². The Labute approximate surface area is 116 Å². The van der Waals surface area contributed by atoms with Crippen LogP contribution in [0.3, 0.4) is 0 Å². The smallest absolute Gasteiger partial charge is 0.133 e. The van der Waals surface area contributed by atoms with Crippen molar-refractivity contribution in [3.63, 3.8) is 0 Å². The van der Waals surface area contributed by atoms with Crippen LogP contribution in [0, 0.1) is 6.92 Å². The number of benzene rings is 1. The Balaban J connectivity index is 1.92. The molecule has 0 aliphatic heterocycles. The monoisotopic (exact) mass is 282 g/mol. The molecule has 0 spiro atoms. The van der Waals surface area contributed by atoms with E-state index in [0.29, 0.717) is 29.0 Å². The van der Waals surface area contributed by atoms with Gasteiger partial charge < -0.3 is 4.74 Å². The van der Waals surface area contributed by atoms with Gasteiger partial charge in [-0.2, -0.15) is 0 Å². The fourth-order valence-corrected chi connectivity index (χ4v) is 1.95. The first-order valence-electron chi connectivity index (χ1n) is 5.52. The number of ether oxygens (including phenoxy) is 1. The van der Waals surface area contributed by atoms with Gasteiger partial charge in [0.2, 0.25) is 0 Å². The first-order chi connectivity index (χ1) is 8.63. The molecule has 5 heteroatoms. The zero-order chi connectivity index (χ0) is 13.0. The Morgan fingerprint density at radius 2 is 2.00 bits per heavy atom. The van der Waals surface area contributed by atoms with Crippen LogP contribution in [0.2, 0.25) is 10.2 Å². The molecular formula is C13H12Cl2N2O. The maximum Gasteiger partial charge on any atom is 0.133 e. The molecule has 0 aliphatic rings. The molecule has 1 heterocycles. The van der Waals surface area contributed by atoms with Gasteiger partial charge in [0.25, 0.3) is 0 Å². The standard InChI is InChI=1S/C13H12Cl2N2O/c1-9-7-12(15)17-13(16-9)5-6-18-11-4-2-3-10(14)8-11/h2-4,7-8H,5-6H2,1H3. The van der Waals surface area contributed by atoms with Gasteiger partial charge in [0.15, 0.2) is 0 Å². The van der Waals surface area contributed by atoms with Crippen molar-refractivity contribution in [2.24, 2.45) is 0 Å². The van der Waals surface area contributed by atoms with Crippen LogP contribution in [0.25, 0.3) is 0 Å². The maximum atomic E-state index is 5.86. The molecule has 0 radical (unpaired) electrons. The summed E-state index contributed by atoms with van der Waals surface area (Å²) in [5, 5.41) is 1.11. The Morgan fingerprint density at radius 3 is 2.72 bits per heavy atom. The molecule has 0 amide bonds. The van der Waals surface area contributed by atoms with Gasteiger partial charge in [-0.25, -0.2) is 9.97 Å². The van der Waals surface area contributed by atoms with Gasteiger partial charge in [0.1, 0.15) is 16.7 Å². The lowest BCUT2D eigenvalue weighted by molar-refractivity contribution is 0.319. The number of aromatic nitrogens is 2. The van der Waals surface area contributed by atoms with Gasteiger partial charge in [-0.3, -0.25) is 0 Å². The first-order valence-corrected chi connectivity index (χ1v) is 6.27. The summed E-state index contributed by atoms with van der Waals surface area (Å²) in [6, 6.07) is 9.00. The summed E-state index contributed by atoms with van der Waals surface area (Å²) in [7, 11) is 0. The van der Waals surface area contributed by atoms with Crippen molar-refractivity contribution < 1.29 is 4.74 Å². The normalized spacial score (nSPS) is 10.4. The van der Waals surface area contributed by atoms with Crippen molar-refractivity contribution >= 4 is 23.2 Å². The van der Waals surface area contributed by atoms with Crippen molar-refractivity contribution in [1.29, 1.82) is 0 Å². The van der Waals surface area contributed by atoms with Crippen molar-refractivity contribution in [1.82, 2.24) is 9.97 Å². The molecule has 94 valence electrons. The molecule has 2 aromatic rings. The lowest BCUT2D eigenvalue weighted by Crippen LogP contribution is -2.05. The summed E-state index contributed by atoms with van der Waals surface area (Å²) >= 11 is 11.7. The van der Waals surface area contributed by atoms with E-state index < -0.39 is 0 Å². The first kappa shape index (κ1) is 13.1. The van der Waals surface area contributed by atoms with Crippen molar-refractivity contribution in [2.45, 2.75) is 13.3 Å². The van der Waals surface area contributed by atoms with Gasteiger partial charge in [-0.05, 0) is 31.2 Å². The third-order valence-corrected chi connectivity index (χ3v) is 2.69. The van der Waals surface area contributed by atoms with Gasteiger partial charge in [-0.1, -0.05) is 29.3 Å². The molecule has 0 saturated heterocycles. The van der Waals surface area contributed by atoms with E-state index in [1.54, 1.807) is 18.2 Å². The van der Waals surface area contributed by atoms with Crippen LogP contribution in [0.4, 0.5) is 0 Å². The van der Waals surface area contributed by atoms with E-state index in [-0.39, 0.29) is 0 Å². The Bertz CT molecular complexity index is 526. The van der Waals surface area contributed by atoms with E-state index in [1.807, 2.05) is 19.1 Å². The second-order valence-corrected chi connectivity index (χ2v) is 4.63. The predicted molar refractivity (Wildman–Crippen MR) is 72.4 cm³/mol. The molecule has 0 bridgehead atoms. The number of halogens is 2. The summed E-state index contributed by atoms with van der Waals surface area (Å²) < 4.78 is 5.56. The molecule has 2 rings (SSSR count). The summed E-state index contributed by atoms with van der Waals surface area (Å²) in [6.07, 6.45) is 0.605. The summed E-state index contributed by atoms with van der Waals surface area (Å²) in [4.78, 5) is 8.41. The fourth-order valence-electron chi connectivity index (χ4n) is 1.52. The molecule has 18 heavy (non-hydrogen) atoms. The largest absolute Gasteiger partial charge is 0.493 e. The predicted octanol–water partition coefficient (Wildman–Crippen LogP) is 3.71. The number of rotatable bonds is 4. The minimum absolute atomic E-state index is 0.459. The zero-order valence-electron chi connectivity index (χ0n) is 9.86. The molecule has 0 unspecified atom stereocenters. The van der Waals surface area contributed by atoms with Crippen molar-refractivity contribution in [3.05, 3.63) is 52.0 Å². The Kier molecular flexibility index (Phi) is 4.39. The second kappa shape index (κ2) is 6.03. The minimum atomic E-state index is 0.459. The molecule has 0 saturated carbocycles. The van der Waals surface area contributed by atoms with Gasteiger partial charge in [0.05, 0.1) is 6.61 Å². The van der Waals surface area contributed by atoms with E-state index in [2.05, 4.69) is 9.97 Å². The molecule has 1 aromatic heterocycles. The zero-order valence-corrected chi connectivity index (χ0v) is 11.4. The fraction of sp³-hybridized carbons (Fsp3) is 0.231. The van der Waals surface area contributed by atoms with Crippen LogP contribution >= 0.6 is 23.2 Å². The molecule has 3 nitrogen and oxygen atoms in total. The average Bonchev–Trinajstić information content (AvgIpc) is 2.27. The number of nitrogens with zero attached hydrogens (tertiary/aromatic N) is 2. The summed E-state index contributed by atoms with van der Waals surface area (Å²) in [5.41, 5.74) is 0.854. The minimum Gasteiger partial charge on any atom is -0.493 e. The number of aryl methyl sites for hydroxylation is 1. The molecule has 0 atom stereocenters. The molecule has 0 aliphatic carbocycles. The van der Waals surface area contributed by atoms with Gasteiger partial charge in [-0.15, -0.1) is 0 Å². The highest BCUT2D eigenvalue weighted by molar-refractivity contribution is 6.30. The third kappa shape index (κ3) is 3.86. The SMILES string of the molecule is Cc1cc(Cl)nc(CCOc2cccc(Cl)c2)n1. The van der Waals surface area contributed by atoms with Crippen LogP contribution in [-0.2, 0) is 6.42 Å².